The summed E-state index contributed by atoms with van der Waals surface area (Å²) in [5, 5.41) is 21.8. The molecule has 35 heavy (non-hydrogen) atoms. The van der Waals surface area contributed by atoms with E-state index in [1.807, 2.05) is 48.5 Å². The Labute approximate surface area is 205 Å². The number of unbranched alkanes of at least 4 members (excludes halogenated alkanes) is 1. The first-order valence-corrected chi connectivity index (χ1v) is 11.8. The molecule has 1 fully saturated rings. The third kappa shape index (κ3) is 7.51. The number of aromatic nitrogens is 1. The maximum atomic E-state index is 12.3. The van der Waals surface area contributed by atoms with Gasteiger partial charge >= 0.3 is 11.9 Å². The fourth-order valence-corrected chi connectivity index (χ4v) is 4.09. The largest absolute Gasteiger partial charge is 0.481 e. The minimum atomic E-state index is -1.14. The van der Waals surface area contributed by atoms with E-state index in [0.29, 0.717) is 18.5 Å². The number of benzene rings is 1. The van der Waals surface area contributed by atoms with Crippen molar-refractivity contribution in [1.29, 1.82) is 5.26 Å². The average Bonchev–Trinajstić information content (AvgIpc) is 3.38. The van der Waals surface area contributed by atoms with E-state index in [-0.39, 0.29) is 18.3 Å². The number of amidine groups is 1. The SMILES string of the molecule is COC(=O)C(C#N)C(=NC1CCCC1)Nc1cccc(/C(=C\CCCC(=O)O)c2cccnc2)c1. The third-order valence-corrected chi connectivity index (χ3v) is 5.85. The highest BCUT2D eigenvalue weighted by Crippen LogP contribution is 2.27. The minimum Gasteiger partial charge on any atom is -0.481 e. The number of carbonyl (C=O) groups is 2. The van der Waals surface area contributed by atoms with Gasteiger partial charge in [0.05, 0.1) is 19.2 Å². The lowest BCUT2D eigenvalue weighted by atomic mass is 9.97. The van der Waals surface area contributed by atoms with Crippen LogP contribution in [0.3, 0.4) is 0 Å². The number of nitriles is 1. The van der Waals surface area contributed by atoms with Gasteiger partial charge in [-0.05, 0) is 55.0 Å². The predicted molar refractivity (Wildman–Crippen MR) is 134 cm³/mol. The molecule has 0 radical (unpaired) electrons. The standard InChI is InChI=1S/C27H30N4O4/c1-35-27(34)24(17-28)26(30-21-10-2-3-11-21)31-22-12-6-8-19(16-22)23(13-4-5-14-25(32)33)20-9-7-15-29-18-20/h6-9,12-13,15-16,18,21,24H,2-5,10-11,14H2,1H3,(H,30,31)(H,32,33)/b23-13+. The second-order valence-electron chi connectivity index (χ2n) is 8.39. The van der Waals surface area contributed by atoms with Crippen LogP contribution in [-0.4, -0.2) is 41.0 Å². The number of hydrogen-bond donors (Lipinski definition) is 2. The second-order valence-corrected chi connectivity index (χ2v) is 8.39. The van der Waals surface area contributed by atoms with Crippen molar-refractivity contribution >= 4 is 29.0 Å². The van der Waals surface area contributed by atoms with Crippen molar-refractivity contribution < 1.29 is 19.4 Å². The Morgan fingerprint density at radius 3 is 2.71 bits per heavy atom. The molecule has 1 aliphatic carbocycles. The molecule has 0 amide bonds. The summed E-state index contributed by atoms with van der Waals surface area (Å²) >= 11 is 0. The number of anilines is 1. The van der Waals surface area contributed by atoms with Crippen LogP contribution in [-0.2, 0) is 14.3 Å². The Bertz CT molecular complexity index is 1120. The first-order valence-electron chi connectivity index (χ1n) is 11.8. The van der Waals surface area contributed by atoms with Gasteiger partial charge in [0.1, 0.15) is 5.84 Å². The van der Waals surface area contributed by atoms with E-state index in [4.69, 9.17) is 14.8 Å². The van der Waals surface area contributed by atoms with Crippen LogP contribution in [0.4, 0.5) is 5.69 Å². The van der Waals surface area contributed by atoms with Crippen molar-refractivity contribution in [3.63, 3.8) is 0 Å². The fraction of sp³-hybridized carbons (Fsp3) is 0.370. The molecule has 0 bridgehead atoms. The highest BCUT2D eigenvalue weighted by Gasteiger charge is 2.27. The van der Waals surface area contributed by atoms with Crippen molar-refractivity contribution in [1.82, 2.24) is 4.98 Å². The molecule has 8 nitrogen and oxygen atoms in total. The van der Waals surface area contributed by atoms with Crippen LogP contribution >= 0.6 is 0 Å². The molecule has 1 aromatic carbocycles. The third-order valence-electron chi connectivity index (χ3n) is 5.85. The van der Waals surface area contributed by atoms with Gasteiger partial charge in [-0.2, -0.15) is 5.26 Å². The van der Waals surface area contributed by atoms with Crippen molar-refractivity contribution in [3.8, 4) is 6.07 Å². The van der Waals surface area contributed by atoms with Gasteiger partial charge < -0.3 is 15.2 Å². The van der Waals surface area contributed by atoms with E-state index >= 15 is 0 Å². The van der Waals surface area contributed by atoms with E-state index < -0.39 is 17.9 Å². The Balaban J connectivity index is 1.92. The summed E-state index contributed by atoms with van der Waals surface area (Å²) in [5.74, 6) is -2.33. The van der Waals surface area contributed by atoms with Crippen molar-refractivity contribution in [2.24, 2.45) is 10.9 Å². The molecule has 3 rings (SSSR count). The summed E-state index contributed by atoms with van der Waals surface area (Å²) in [6, 6.07) is 13.5. The molecule has 0 spiro atoms. The van der Waals surface area contributed by atoms with Crippen molar-refractivity contribution in [3.05, 3.63) is 66.0 Å². The van der Waals surface area contributed by atoms with Crippen LogP contribution in [0.1, 0.15) is 56.1 Å². The smallest absolute Gasteiger partial charge is 0.330 e. The average molecular weight is 475 g/mol. The number of nitrogens with one attached hydrogen (secondary N) is 1. The molecular weight excluding hydrogens is 444 g/mol. The lowest BCUT2D eigenvalue weighted by Gasteiger charge is -2.17. The summed E-state index contributed by atoms with van der Waals surface area (Å²) in [6.45, 7) is 0. The number of ether oxygens (including phenoxy) is 1. The molecule has 2 N–H and O–H groups in total. The van der Waals surface area contributed by atoms with Gasteiger partial charge in [-0.25, -0.2) is 0 Å². The van der Waals surface area contributed by atoms with Gasteiger partial charge in [0, 0.05) is 30.1 Å². The normalized spacial score (nSPS) is 15.3. The number of aliphatic carboxylic acids is 1. The first-order chi connectivity index (χ1) is 17.0. The number of pyridine rings is 1. The molecule has 1 atom stereocenters. The number of esters is 1. The van der Waals surface area contributed by atoms with E-state index in [1.165, 1.54) is 7.11 Å². The molecule has 1 unspecified atom stereocenters. The first kappa shape index (κ1) is 25.6. The number of rotatable bonds is 10. The molecule has 8 heteroatoms. The van der Waals surface area contributed by atoms with E-state index in [1.54, 1.807) is 12.4 Å². The summed E-state index contributed by atoms with van der Waals surface area (Å²) < 4.78 is 4.84. The van der Waals surface area contributed by atoms with Crippen LogP contribution in [0.15, 0.2) is 59.9 Å². The predicted octanol–water partition coefficient (Wildman–Crippen LogP) is 4.83. The number of carbonyl (C=O) groups excluding carboxylic acids is 1. The van der Waals surface area contributed by atoms with Crippen molar-refractivity contribution in [2.45, 2.75) is 51.0 Å². The maximum Gasteiger partial charge on any atom is 0.330 e. The van der Waals surface area contributed by atoms with Gasteiger partial charge in [0.15, 0.2) is 0 Å². The monoisotopic (exact) mass is 474 g/mol. The van der Waals surface area contributed by atoms with Gasteiger partial charge in [0.25, 0.3) is 0 Å². The summed E-state index contributed by atoms with van der Waals surface area (Å²) in [7, 11) is 1.26. The zero-order valence-electron chi connectivity index (χ0n) is 19.8. The Morgan fingerprint density at radius 1 is 1.29 bits per heavy atom. The number of methoxy groups -OCH3 is 1. The zero-order valence-corrected chi connectivity index (χ0v) is 19.8. The van der Waals surface area contributed by atoms with E-state index in [0.717, 1.165) is 42.4 Å². The highest BCUT2D eigenvalue weighted by molar-refractivity contribution is 6.10. The number of nitrogens with zero attached hydrogens (tertiary/aromatic N) is 3. The van der Waals surface area contributed by atoms with Crippen LogP contribution in [0, 0.1) is 17.2 Å². The summed E-state index contributed by atoms with van der Waals surface area (Å²) in [5.41, 5.74) is 3.41. The van der Waals surface area contributed by atoms with Crippen molar-refractivity contribution in [2.75, 3.05) is 12.4 Å². The number of carboxylic acids is 1. The maximum absolute atomic E-state index is 12.3. The minimum absolute atomic E-state index is 0.0706. The molecule has 0 saturated heterocycles. The number of carboxylic acid groups (broad SMARTS) is 1. The quantitative estimate of drug-likeness (QED) is 0.219. The Kier molecular flexibility index (Phi) is 9.55. The molecule has 2 aromatic rings. The topological polar surface area (TPSA) is 125 Å². The molecule has 1 aliphatic rings. The number of allylic oxidation sites excluding steroid dienone is 1. The molecule has 1 heterocycles. The van der Waals surface area contributed by atoms with Crippen LogP contribution in [0.25, 0.3) is 5.57 Å². The number of aliphatic imine (C=N–C) groups is 1. The lowest BCUT2D eigenvalue weighted by Crippen LogP contribution is -2.31. The molecule has 0 aliphatic heterocycles. The Hall–Kier alpha value is -3.99. The second kappa shape index (κ2) is 13.0. The highest BCUT2D eigenvalue weighted by atomic mass is 16.5. The summed E-state index contributed by atoms with van der Waals surface area (Å²) in [6.07, 6.45) is 10.7. The van der Waals surface area contributed by atoms with Gasteiger partial charge in [0.2, 0.25) is 5.92 Å². The Morgan fingerprint density at radius 2 is 2.06 bits per heavy atom. The molecule has 1 aromatic heterocycles. The van der Waals surface area contributed by atoms with Crippen LogP contribution in [0.5, 0.6) is 0 Å². The van der Waals surface area contributed by atoms with E-state index in [9.17, 15) is 14.9 Å². The zero-order chi connectivity index (χ0) is 25.0. The van der Waals surface area contributed by atoms with Gasteiger partial charge in [-0.1, -0.05) is 37.1 Å². The lowest BCUT2D eigenvalue weighted by molar-refractivity contribution is -0.141. The molecule has 1 saturated carbocycles. The van der Waals surface area contributed by atoms with E-state index in [2.05, 4.69) is 10.3 Å². The van der Waals surface area contributed by atoms with Gasteiger partial charge in [-0.3, -0.25) is 19.6 Å². The fourth-order valence-electron chi connectivity index (χ4n) is 4.09. The number of hydrogen-bond acceptors (Lipinski definition) is 6. The molecule has 182 valence electrons. The van der Waals surface area contributed by atoms with Crippen LogP contribution < -0.4 is 5.32 Å². The molecular formula is C27H30N4O4. The van der Waals surface area contributed by atoms with Crippen LogP contribution in [0.2, 0.25) is 0 Å². The summed E-state index contributed by atoms with van der Waals surface area (Å²) in [4.78, 5) is 32.1. The van der Waals surface area contributed by atoms with Gasteiger partial charge in [-0.15, -0.1) is 0 Å².